The predicted octanol–water partition coefficient (Wildman–Crippen LogP) is 2.45. The minimum Gasteiger partial charge on any atom is -0.480 e. The van der Waals surface area contributed by atoms with Gasteiger partial charge in [-0.3, -0.25) is 9.59 Å². The molecule has 28 heavy (non-hydrogen) atoms. The maximum atomic E-state index is 13.1. The van der Waals surface area contributed by atoms with Gasteiger partial charge in [0.2, 0.25) is 5.91 Å². The van der Waals surface area contributed by atoms with Gasteiger partial charge in [-0.25, -0.2) is 9.78 Å². The summed E-state index contributed by atoms with van der Waals surface area (Å²) in [7, 11) is 0. The molecule has 2 amide bonds. The zero-order valence-corrected chi connectivity index (χ0v) is 16.3. The van der Waals surface area contributed by atoms with E-state index in [0.29, 0.717) is 24.9 Å². The van der Waals surface area contributed by atoms with Crippen molar-refractivity contribution in [1.82, 2.24) is 15.2 Å². The average molecular weight is 383 g/mol. The van der Waals surface area contributed by atoms with E-state index in [2.05, 4.69) is 10.3 Å². The summed E-state index contributed by atoms with van der Waals surface area (Å²) in [5.74, 6) is -1.84. The second kappa shape index (κ2) is 7.58. The van der Waals surface area contributed by atoms with Crippen LogP contribution >= 0.6 is 0 Å². The van der Waals surface area contributed by atoms with Crippen LogP contribution in [0.1, 0.15) is 44.1 Å². The van der Waals surface area contributed by atoms with E-state index in [4.69, 9.17) is 0 Å². The molecule has 1 unspecified atom stereocenters. The Bertz CT molecular complexity index is 919. The number of carbonyl (C=O) groups is 3. The van der Waals surface area contributed by atoms with Crippen molar-refractivity contribution in [3.8, 4) is 0 Å². The average Bonchev–Trinajstić information content (AvgIpc) is 3.14. The number of carboxylic acid groups (broad SMARTS) is 1. The summed E-state index contributed by atoms with van der Waals surface area (Å²) in [4.78, 5) is 43.1. The zero-order valence-electron chi connectivity index (χ0n) is 16.3. The molecule has 148 valence electrons. The molecule has 1 aromatic heterocycles. The van der Waals surface area contributed by atoms with E-state index < -0.39 is 29.4 Å². The summed E-state index contributed by atoms with van der Waals surface area (Å²) < 4.78 is 0. The first kappa shape index (κ1) is 19.8. The molecule has 0 bridgehead atoms. The van der Waals surface area contributed by atoms with E-state index in [0.717, 1.165) is 5.39 Å². The third kappa shape index (κ3) is 3.98. The number of pyridine rings is 1. The number of benzene rings is 1. The molecule has 2 heterocycles. The molecule has 2 N–H and O–H groups in total. The number of hydrogen-bond donors (Lipinski definition) is 2. The van der Waals surface area contributed by atoms with Crippen molar-refractivity contribution in [1.29, 1.82) is 0 Å². The van der Waals surface area contributed by atoms with Crippen molar-refractivity contribution in [2.75, 3.05) is 6.54 Å². The molecule has 0 radical (unpaired) electrons. The van der Waals surface area contributed by atoms with E-state index in [1.807, 2.05) is 51.1 Å². The van der Waals surface area contributed by atoms with Gasteiger partial charge in [0.15, 0.2) is 0 Å². The molecule has 0 spiro atoms. The minimum atomic E-state index is -1.01. The second-order valence-electron chi connectivity index (χ2n) is 8.19. The summed E-state index contributed by atoms with van der Waals surface area (Å²) >= 11 is 0. The molecule has 0 saturated carbocycles. The molecule has 2 atom stereocenters. The van der Waals surface area contributed by atoms with Gasteiger partial charge in [0.25, 0.3) is 5.91 Å². The summed E-state index contributed by atoms with van der Waals surface area (Å²) in [5, 5.41) is 13.1. The number of nitrogens with zero attached hydrogens (tertiary/aromatic N) is 2. The highest BCUT2D eigenvalue weighted by molar-refractivity contribution is 5.98. The van der Waals surface area contributed by atoms with Crippen molar-refractivity contribution in [3.05, 3.63) is 42.1 Å². The van der Waals surface area contributed by atoms with Crippen molar-refractivity contribution in [3.63, 3.8) is 0 Å². The first-order valence-corrected chi connectivity index (χ1v) is 9.38. The Kier molecular flexibility index (Phi) is 5.36. The first-order chi connectivity index (χ1) is 13.2. The van der Waals surface area contributed by atoms with Gasteiger partial charge in [-0.1, -0.05) is 45.0 Å². The van der Waals surface area contributed by atoms with Crippen LogP contribution in [0, 0.1) is 5.41 Å². The second-order valence-corrected chi connectivity index (χ2v) is 8.19. The van der Waals surface area contributed by atoms with Crippen LogP contribution in [0.25, 0.3) is 10.9 Å². The van der Waals surface area contributed by atoms with Crippen LogP contribution < -0.4 is 5.32 Å². The number of carboxylic acids is 1. The number of nitrogens with one attached hydrogen (secondary N) is 1. The maximum Gasteiger partial charge on any atom is 0.326 e. The maximum absolute atomic E-state index is 13.1. The van der Waals surface area contributed by atoms with Crippen molar-refractivity contribution in [2.45, 2.75) is 45.7 Å². The lowest BCUT2D eigenvalue weighted by molar-refractivity contribution is -0.150. The standard InChI is InChI=1S/C21H25N3O4/c1-21(2,3)17(19(26)24-12-6-9-16(24)20(27)28)23-18(25)15-11-10-13-7-4-5-8-14(13)22-15/h4-5,7-8,10-11,16-17H,6,9,12H2,1-3H3,(H,23,25)(H,27,28)/t16-,17?/m1/s1. The van der Waals surface area contributed by atoms with Crippen molar-refractivity contribution >= 4 is 28.7 Å². The number of likely N-dealkylation sites (tertiary alicyclic amines) is 1. The highest BCUT2D eigenvalue weighted by Gasteiger charge is 2.42. The molecule has 1 aliphatic rings. The van der Waals surface area contributed by atoms with E-state index in [1.165, 1.54) is 4.90 Å². The summed E-state index contributed by atoms with van der Waals surface area (Å²) in [6, 6.07) is 9.21. The monoisotopic (exact) mass is 383 g/mol. The van der Waals surface area contributed by atoms with E-state index in [-0.39, 0.29) is 11.6 Å². The fourth-order valence-electron chi connectivity index (χ4n) is 3.50. The van der Waals surface area contributed by atoms with Gasteiger partial charge < -0.3 is 15.3 Å². The van der Waals surface area contributed by atoms with Crippen LogP contribution in [-0.4, -0.2) is 51.4 Å². The van der Waals surface area contributed by atoms with Crippen LogP contribution in [-0.2, 0) is 9.59 Å². The number of aliphatic carboxylic acids is 1. The van der Waals surface area contributed by atoms with Crippen molar-refractivity contribution in [2.24, 2.45) is 5.41 Å². The SMILES string of the molecule is CC(C)(C)C(NC(=O)c1ccc2ccccc2n1)C(=O)N1CCC[C@@H]1C(=O)O. The van der Waals surface area contributed by atoms with Gasteiger partial charge in [-0.2, -0.15) is 0 Å². The molecule has 1 aliphatic heterocycles. The summed E-state index contributed by atoms with van der Waals surface area (Å²) in [6.07, 6.45) is 1.07. The van der Waals surface area contributed by atoms with Crippen LogP contribution in [0.4, 0.5) is 0 Å². The Morgan fingerprint density at radius 1 is 1.18 bits per heavy atom. The molecular weight excluding hydrogens is 358 g/mol. The van der Waals surface area contributed by atoms with Gasteiger partial charge in [-0.15, -0.1) is 0 Å². The Morgan fingerprint density at radius 3 is 2.57 bits per heavy atom. The van der Waals surface area contributed by atoms with Crippen LogP contribution in [0.5, 0.6) is 0 Å². The van der Waals surface area contributed by atoms with Gasteiger partial charge in [-0.05, 0) is 30.4 Å². The number of fused-ring (bicyclic) bond motifs is 1. The highest BCUT2D eigenvalue weighted by Crippen LogP contribution is 2.26. The van der Waals surface area contributed by atoms with E-state index in [9.17, 15) is 19.5 Å². The molecular formula is C21H25N3O4. The van der Waals surface area contributed by atoms with Gasteiger partial charge in [0.05, 0.1) is 5.52 Å². The molecule has 1 fully saturated rings. The molecule has 7 nitrogen and oxygen atoms in total. The smallest absolute Gasteiger partial charge is 0.326 e. The number of hydrogen-bond acceptors (Lipinski definition) is 4. The quantitative estimate of drug-likeness (QED) is 0.845. The lowest BCUT2D eigenvalue weighted by Gasteiger charge is -2.34. The van der Waals surface area contributed by atoms with Gasteiger partial charge >= 0.3 is 5.97 Å². The predicted molar refractivity (Wildman–Crippen MR) is 105 cm³/mol. The van der Waals surface area contributed by atoms with Gasteiger partial charge in [0, 0.05) is 11.9 Å². The zero-order chi connectivity index (χ0) is 20.5. The molecule has 3 rings (SSSR count). The molecule has 2 aromatic rings. The third-order valence-corrected chi connectivity index (χ3v) is 5.04. The fourth-order valence-corrected chi connectivity index (χ4v) is 3.50. The Balaban J connectivity index is 1.84. The van der Waals surface area contributed by atoms with Crippen LogP contribution in [0.2, 0.25) is 0 Å². The third-order valence-electron chi connectivity index (χ3n) is 5.04. The topological polar surface area (TPSA) is 99.6 Å². The van der Waals surface area contributed by atoms with Crippen molar-refractivity contribution < 1.29 is 19.5 Å². The van der Waals surface area contributed by atoms with Gasteiger partial charge in [0.1, 0.15) is 17.8 Å². The molecule has 1 saturated heterocycles. The number of aromatic nitrogens is 1. The summed E-state index contributed by atoms with van der Waals surface area (Å²) in [6.45, 7) is 5.91. The summed E-state index contributed by atoms with van der Waals surface area (Å²) in [5.41, 5.74) is 0.325. The number of amides is 2. The highest BCUT2D eigenvalue weighted by atomic mass is 16.4. The van der Waals surface area contributed by atoms with Crippen LogP contribution in [0.15, 0.2) is 36.4 Å². The lowest BCUT2D eigenvalue weighted by atomic mass is 9.85. The Labute approximate surface area is 163 Å². The molecule has 1 aromatic carbocycles. The Morgan fingerprint density at radius 2 is 1.89 bits per heavy atom. The minimum absolute atomic E-state index is 0.219. The Hall–Kier alpha value is -2.96. The molecule has 0 aliphatic carbocycles. The first-order valence-electron chi connectivity index (χ1n) is 9.38. The lowest BCUT2D eigenvalue weighted by Crippen LogP contribution is -2.56. The number of carbonyl (C=O) groups excluding carboxylic acids is 2. The fraction of sp³-hybridized carbons (Fsp3) is 0.429. The van der Waals surface area contributed by atoms with Crippen LogP contribution in [0.3, 0.4) is 0 Å². The molecule has 7 heteroatoms. The number of para-hydroxylation sites is 1. The largest absolute Gasteiger partial charge is 0.480 e. The van der Waals surface area contributed by atoms with E-state index >= 15 is 0 Å². The number of rotatable bonds is 4. The van der Waals surface area contributed by atoms with E-state index in [1.54, 1.807) is 6.07 Å². The normalized spacial score (nSPS) is 18.1.